The molecule has 0 saturated carbocycles. The molecular formula is C37H37ClN6O6. The van der Waals surface area contributed by atoms with Crippen LogP contribution in [0.4, 0.5) is 5.69 Å². The van der Waals surface area contributed by atoms with Gasteiger partial charge >= 0.3 is 0 Å². The normalized spacial score (nSPS) is 14.9. The van der Waals surface area contributed by atoms with Crippen LogP contribution in [0.2, 0.25) is 5.02 Å². The van der Waals surface area contributed by atoms with Crippen LogP contribution >= 0.6 is 11.6 Å². The zero-order valence-electron chi connectivity index (χ0n) is 27.4. The van der Waals surface area contributed by atoms with Gasteiger partial charge in [0.1, 0.15) is 12.0 Å². The Morgan fingerprint density at radius 3 is 2.56 bits per heavy atom. The molecule has 258 valence electrons. The predicted octanol–water partition coefficient (Wildman–Crippen LogP) is 5.01. The summed E-state index contributed by atoms with van der Waals surface area (Å²) in [6.45, 7) is 1.22. The van der Waals surface area contributed by atoms with E-state index in [0.29, 0.717) is 41.2 Å². The highest BCUT2D eigenvalue weighted by molar-refractivity contribution is 6.36. The van der Waals surface area contributed by atoms with Gasteiger partial charge in [-0.05, 0) is 35.2 Å². The first-order valence-electron chi connectivity index (χ1n) is 16.3. The number of benzene rings is 4. The number of nitrogens with one attached hydrogen (secondary N) is 3. The first kappa shape index (κ1) is 34.7. The molecule has 2 unspecified atom stereocenters. The molecule has 1 saturated heterocycles. The Hall–Kier alpha value is -5.14. The Kier molecular flexibility index (Phi) is 10.8. The van der Waals surface area contributed by atoms with Gasteiger partial charge in [0.2, 0.25) is 5.91 Å². The number of nitro benzene ring substituents is 1. The number of carbonyl (C=O) groups excluding carboxylic acids is 2. The van der Waals surface area contributed by atoms with Gasteiger partial charge in [-0.1, -0.05) is 66.2 Å². The third kappa shape index (κ3) is 7.53. The Labute approximate surface area is 293 Å². The summed E-state index contributed by atoms with van der Waals surface area (Å²) in [5.74, 6) is 0.519. The number of methoxy groups -OCH3 is 1. The van der Waals surface area contributed by atoms with E-state index in [4.69, 9.17) is 16.3 Å². The van der Waals surface area contributed by atoms with Crippen LogP contribution < -0.4 is 20.7 Å². The lowest BCUT2D eigenvalue weighted by molar-refractivity contribution is -0.385. The molecule has 0 aliphatic carbocycles. The standard InChI is InChI=1S/C37H37ClN6O6/c1-50-35-15-26(34(44(48)49)14-25(35)17-40-28(21-45)22-46)20-43-33-7-3-5-30(32(33)19-41-43)31-6-2-4-29(37(31)38)24-10-8-23(9-11-24)16-39-18-27-12-13-36(47)42-27/h2-11,14-15,19,21,27-28,39-40,46H,12-13,16-18,20,22H2,1H3,(H,42,47). The molecule has 1 aromatic heterocycles. The van der Waals surface area contributed by atoms with E-state index in [1.807, 2.05) is 48.5 Å². The minimum absolute atomic E-state index is 0.0891. The van der Waals surface area contributed by atoms with Gasteiger partial charge in [0.25, 0.3) is 5.69 Å². The highest BCUT2D eigenvalue weighted by Gasteiger charge is 2.22. The van der Waals surface area contributed by atoms with Crippen LogP contribution in [0, 0.1) is 10.1 Å². The number of ether oxygens (including phenoxy) is 1. The first-order chi connectivity index (χ1) is 24.3. The molecule has 4 aromatic carbocycles. The summed E-state index contributed by atoms with van der Waals surface area (Å²) in [7, 11) is 1.47. The van der Waals surface area contributed by atoms with E-state index in [1.165, 1.54) is 13.2 Å². The molecule has 6 rings (SSSR count). The fraction of sp³-hybridized carbons (Fsp3) is 0.270. The van der Waals surface area contributed by atoms with Gasteiger partial charge in [-0.25, -0.2) is 0 Å². The van der Waals surface area contributed by atoms with Crippen molar-refractivity contribution in [3.63, 3.8) is 0 Å². The van der Waals surface area contributed by atoms with Crippen LogP contribution in [-0.2, 0) is 29.2 Å². The smallest absolute Gasteiger partial charge is 0.275 e. The van der Waals surface area contributed by atoms with Crippen molar-refractivity contribution < 1.29 is 24.4 Å². The maximum atomic E-state index is 12.2. The van der Waals surface area contributed by atoms with Gasteiger partial charge in [-0.15, -0.1) is 0 Å². The summed E-state index contributed by atoms with van der Waals surface area (Å²) < 4.78 is 7.24. The largest absolute Gasteiger partial charge is 0.496 e. The Morgan fingerprint density at radius 1 is 1.10 bits per heavy atom. The van der Waals surface area contributed by atoms with Crippen molar-refractivity contribution in [2.75, 3.05) is 20.3 Å². The average Bonchev–Trinajstić information content (AvgIpc) is 3.74. The molecule has 1 fully saturated rings. The Bertz CT molecular complexity index is 2030. The van der Waals surface area contributed by atoms with Gasteiger partial charge < -0.3 is 30.6 Å². The zero-order valence-corrected chi connectivity index (χ0v) is 28.2. The van der Waals surface area contributed by atoms with Crippen LogP contribution in [0.25, 0.3) is 33.2 Å². The van der Waals surface area contributed by atoms with E-state index in [-0.39, 0.29) is 30.7 Å². The molecule has 0 bridgehead atoms. The summed E-state index contributed by atoms with van der Waals surface area (Å²) in [5.41, 5.74) is 6.23. The van der Waals surface area contributed by atoms with Gasteiger partial charge in [-0.3, -0.25) is 19.6 Å². The van der Waals surface area contributed by atoms with Crippen LogP contribution in [-0.4, -0.2) is 64.3 Å². The van der Waals surface area contributed by atoms with E-state index in [9.17, 15) is 24.8 Å². The van der Waals surface area contributed by atoms with Gasteiger partial charge in [0, 0.05) is 60.2 Å². The molecule has 2 heterocycles. The second-order valence-electron chi connectivity index (χ2n) is 12.2. The number of nitrogens with zero attached hydrogens (tertiary/aromatic N) is 3. The summed E-state index contributed by atoms with van der Waals surface area (Å²) in [5, 5.41) is 36.8. The molecule has 50 heavy (non-hydrogen) atoms. The number of rotatable bonds is 15. The van der Waals surface area contributed by atoms with E-state index in [1.54, 1.807) is 16.9 Å². The van der Waals surface area contributed by atoms with Crippen LogP contribution in [0.1, 0.15) is 29.5 Å². The van der Waals surface area contributed by atoms with Crippen molar-refractivity contribution >= 4 is 40.4 Å². The van der Waals surface area contributed by atoms with Crippen molar-refractivity contribution in [3.05, 3.63) is 111 Å². The number of amides is 1. The number of aliphatic hydroxyl groups is 1. The molecule has 12 nitrogen and oxygen atoms in total. The number of hydrogen-bond acceptors (Lipinski definition) is 9. The lowest BCUT2D eigenvalue weighted by Gasteiger charge is -2.15. The van der Waals surface area contributed by atoms with E-state index < -0.39 is 17.6 Å². The van der Waals surface area contributed by atoms with Crippen LogP contribution in [0.5, 0.6) is 5.75 Å². The van der Waals surface area contributed by atoms with Crippen molar-refractivity contribution in [2.45, 2.75) is 44.6 Å². The number of aldehydes is 1. The predicted molar refractivity (Wildman–Crippen MR) is 191 cm³/mol. The Morgan fingerprint density at radius 2 is 1.86 bits per heavy atom. The third-order valence-corrected chi connectivity index (χ3v) is 9.37. The van der Waals surface area contributed by atoms with Crippen LogP contribution in [0.3, 0.4) is 0 Å². The number of nitro groups is 1. The molecule has 5 aromatic rings. The second-order valence-corrected chi connectivity index (χ2v) is 12.6. The quantitative estimate of drug-likeness (QED) is 0.0671. The minimum atomic E-state index is -0.801. The number of hydrogen-bond donors (Lipinski definition) is 4. The highest BCUT2D eigenvalue weighted by atomic mass is 35.5. The summed E-state index contributed by atoms with van der Waals surface area (Å²) in [6, 6.07) is 22.4. The fourth-order valence-corrected chi connectivity index (χ4v) is 6.62. The molecule has 4 N–H and O–H groups in total. The lowest BCUT2D eigenvalue weighted by atomic mass is 9.96. The fourth-order valence-electron chi connectivity index (χ4n) is 6.29. The Balaban J connectivity index is 1.24. The number of aliphatic hydroxyl groups excluding tert-OH is 1. The summed E-state index contributed by atoms with van der Waals surface area (Å²) in [4.78, 5) is 34.3. The van der Waals surface area contributed by atoms with Crippen molar-refractivity contribution in [1.82, 2.24) is 25.7 Å². The molecule has 1 amide bonds. The third-order valence-electron chi connectivity index (χ3n) is 8.96. The first-order valence-corrected chi connectivity index (χ1v) is 16.6. The molecule has 2 atom stereocenters. The topological polar surface area (TPSA) is 161 Å². The van der Waals surface area contributed by atoms with Crippen molar-refractivity contribution in [2.24, 2.45) is 0 Å². The second kappa shape index (κ2) is 15.6. The molecule has 1 aliphatic rings. The number of carbonyl (C=O) groups is 2. The van der Waals surface area contributed by atoms with Crippen molar-refractivity contribution in [3.8, 4) is 28.0 Å². The van der Waals surface area contributed by atoms with E-state index in [0.717, 1.165) is 51.7 Å². The monoisotopic (exact) mass is 696 g/mol. The van der Waals surface area contributed by atoms with E-state index in [2.05, 4.69) is 33.2 Å². The van der Waals surface area contributed by atoms with E-state index >= 15 is 0 Å². The molecular weight excluding hydrogens is 660 g/mol. The number of halogens is 1. The lowest BCUT2D eigenvalue weighted by Crippen LogP contribution is -2.35. The van der Waals surface area contributed by atoms with Crippen molar-refractivity contribution in [1.29, 1.82) is 0 Å². The maximum Gasteiger partial charge on any atom is 0.275 e. The summed E-state index contributed by atoms with van der Waals surface area (Å²) >= 11 is 7.09. The van der Waals surface area contributed by atoms with Gasteiger partial charge in [0.05, 0.1) is 53.5 Å². The molecule has 13 heteroatoms. The molecule has 0 radical (unpaired) electrons. The highest BCUT2D eigenvalue weighted by Crippen LogP contribution is 2.39. The summed E-state index contributed by atoms with van der Waals surface area (Å²) in [6.07, 6.45) is 3.76. The van der Waals surface area contributed by atoms with Gasteiger partial charge in [-0.2, -0.15) is 5.10 Å². The SMILES string of the molecule is COc1cc(Cn2ncc3c(-c4cccc(-c5ccc(CNCC6CCC(=O)N6)cc5)c4Cl)cccc32)c([N+](=O)[O-])cc1CNC(C=O)CO. The average molecular weight is 697 g/mol. The zero-order chi connectivity index (χ0) is 35.2. The molecule has 1 aliphatic heterocycles. The van der Waals surface area contributed by atoms with Crippen LogP contribution in [0.15, 0.2) is 79.0 Å². The molecule has 0 spiro atoms. The van der Waals surface area contributed by atoms with Gasteiger partial charge in [0.15, 0.2) is 0 Å². The number of aromatic nitrogens is 2. The minimum Gasteiger partial charge on any atom is -0.496 e. The maximum absolute atomic E-state index is 12.2. The number of fused-ring (bicyclic) bond motifs is 1.